The summed E-state index contributed by atoms with van der Waals surface area (Å²) in [6.07, 6.45) is 1.23. The van der Waals surface area contributed by atoms with Crippen LogP contribution in [0.1, 0.15) is 36.3 Å². The van der Waals surface area contributed by atoms with Gasteiger partial charge in [0.25, 0.3) is 10.0 Å². The van der Waals surface area contributed by atoms with Gasteiger partial charge >= 0.3 is 0 Å². The van der Waals surface area contributed by atoms with E-state index in [0.717, 1.165) is 21.9 Å². The van der Waals surface area contributed by atoms with Gasteiger partial charge in [0.1, 0.15) is 5.01 Å². The molecule has 2 rings (SSSR count). The molecule has 0 aromatic carbocycles. The highest BCUT2D eigenvalue weighted by Crippen LogP contribution is 2.30. The summed E-state index contributed by atoms with van der Waals surface area (Å²) in [5.74, 6) is -0.301. The molecular formula is C13H18N4O3S3. The van der Waals surface area contributed by atoms with Gasteiger partial charge in [-0.05, 0) is 27.7 Å². The number of aryl methyl sites for hydroxylation is 2. The van der Waals surface area contributed by atoms with Crippen LogP contribution in [0.2, 0.25) is 0 Å². The number of nitrogens with one attached hydrogen (secondary N) is 2. The molecule has 7 nitrogen and oxygen atoms in total. The Balaban J connectivity index is 2.26. The summed E-state index contributed by atoms with van der Waals surface area (Å²) >= 11 is 2.37. The summed E-state index contributed by atoms with van der Waals surface area (Å²) in [5.41, 5.74) is 0.0451. The van der Waals surface area contributed by atoms with Crippen molar-refractivity contribution in [2.24, 2.45) is 0 Å². The molecule has 10 heteroatoms. The smallest absolute Gasteiger partial charge is 0.252 e. The number of rotatable bonds is 5. The molecule has 2 N–H and O–H groups in total. The van der Waals surface area contributed by atoms with Crippen LogP contribution in [0.3, 0.4) is 0 Å². The average Bonchev–Trinajstić information content (AvgIpc) is 2.96. The fourth-order valence-corrected chi connectivity index (χ4v) is 5.26. The van der Waals surface area contributed by atoms with Crippen LogP contribution < -0.4 is 10.0 Å². The minimum absolute atomic E-state index is 0.0410. The summed E-state index contributed by atoms with van der Waals surface area (Å²) < 4.78 is 27.8. The average molecular weight is 375 g/mol. The Morgan fingerprint density at radius 1 is 1.26 bits per heavy atom. The van der Waals surface area contributed by atoms with Crippen molar-refractivity contribution in [2.75, 3.05) is 5.32 Å². The molecule has 0 fully saturated rings. The second kappa shape index (κ2) is 6.27. The van der Waals surface area contributed by atoms with E-state index in [2.05, 4.69) is 20.0 Å². The van der Waals surface area contributed by atoms with Gasteiger partial charge in [-0.15, -0.1) is 11.3 Å². The molecule has 0 aliphatic carbocycles. The molecule has 0 aliphatic rings. The molecule has 126 valence electrons. The first-order valence-electron chi connectivity index (χ1n) is 6.73. The van der Waals surface area contributed by atoms with Crippen molar-refractivity contribution in [1.82, 2.24) is 14.7 Å². The summed E-state index contributed by atoms with van der Waals surface area (Å²) in [6, 6.07) is 0. The fourth-order valence-electron chi connectivity index (χ4n) is 1.76. The second-order valence-electron chi connectivity index (χ2n) is 5.56. The van der Waals surface area contributed by atoms with E-state index in [9.17, 15) is 13.2 Å². The molecule has 2 aromatic heterocycles. The number of hydrogen-bond donors (Lipinski definition) is 2. The molecule has 0 spiro atoms. The maximum atomic E-state index is 12.5. The monoisotopic (exact) mass is 374 g/mol. The van der Waals surface area contributed by atoms with Crippen LogP contribution in [0.25, 0.3) is 0 Å². The molecular weight excluding hydrogens is 356 g/mol. The topological polar surface area (TPSA) is 101 Å². The summed E-state index contributed by atoms with van der Waals surface area (Å²) in [6.45, 7) is 8.70. The quantitative estimate of drug-likeness (QED) is 0.837. The largest absolute Gasteiger partial charge is 0.302 e. The van der Waals surface area contributed by atoms with Crippen LogP contribution in [0, 0.1) is 13.8 Å². The van der Waals surface area contributed by atoms with E-state index in [-0.39, 0.29) is 15.2 Å². The van der Waals surface area contributed by atoms with E-state index in [4.69, 9.17) is 0 Å². The lowest BCUT2D eigenvalue weighted by molar-refractivity contribution is -0.114. The van der Waals surface area contributed by atoms with Crippen LogP contribution in [0.15, 0.2) is 10.4 Å². The van der Waals surface area contributed by atoms with Crippen molar-refractivity contribution in [3.8, 4) is 0 Å². The van der Waals surface area contributed by atoms with Gasteiger partial charge in [0.2, 0.25) is 5.91 Å². The highest BCUT2D eigenvalue weighted by Gasteiger charge is 2.32. The maximum absolute atomic E-state index is 12.5. The van der Waals surface area contributed by atoms with E-state index >= 15 is 0 Å². The van der Waals surface area contributed by atoms with Crippen molar-refractivity contribution in [3.63, 3.8) is 0 Å². The van der Waals surface area contributed by atoms with Gasteiger partial charge in [-0.1, -0.05) is 11.3 Å². The van der Waals surface area contributed by atoms with Gasteiger partial charge in [-0.25, -0.2) is 18.4 Å². The van der Waals surface area contributed by atoms with E-state index in [1.54, 1.807) is 13.8 Å². The van der Waals surface area contributed by atoms with Crippen LogP contribution in [0.4, 0.5) is 5.13 Å². The summed E-state index contributed by atoms with van der Waals surface area (Å²) in [5, 5.41) is 3.41. The Hall–Kier alpha value is -1.36. The predicted octanol–water partition coefficient (Wildman–Crippen LogP) is 2.39. The normalized spacial score (nSPS) is 12.4. The molecule has 0 radical (unpaired) electrons. The number of anilines is 1. The van der Waals surface area contributed by atoms with E-state index < -0.39 is 15.6 Å². The van der Waals surface area contributed by atoms with Gasteiger partial charge in [0, 0.05) is 11.8 Å². The van der Waals surface area contributed by atoms with Crippen LogP contribution in [0.5, 0.6) is 0 Å². The number of carbonyl (C=O) groups is 1. The first-order chi connectivity index (χ1) is 10.5. The van der Waals surface area contributed by atoms with Crippen molar-refractivity contribution in [2.45, 2.75) is 44.4 Å². The number of nitrogens with zero attached hydrogens (tertiary/aromatic N) is 2. The maximum Gasteiger partial charge on any atom is 0.252 e. The lowest BCUT2D eigenvalue weighted by Gasteiger charge is -2.22. The minimum atomic E-state index is -3.76. The molecule has 1 amide bonds. The van der Waals surface area contributed by atoms with Gasteiger partial charge in [0.05, 0.1) is 17.4 Å². The predicted molar refractivity (Wildman–Crippen MR) is 91.4 cm³/mol. The Bertz CT molecular complexity index is 817. The Labute approximate surface area is 143 Å². The number of aromatic nitrogens is 2. The number of sulfonamides is 1. The van der Waals surface area contributed by atoms with E-state index in [1.807, 2.05) is 13.8 Å². The van der Waals surface area contributed by atoms with Crippen LogP contribution in [-0.4, -0.2) is 24.3 Å². The molecule has 0 saturated heterocycles. The SMILES string of the molecule is CC(=O)Nc1ncc(S(=O)(=O)NC(C)(C)c2nc(C)c(C)s2)s1. The fraction of sp³-hybridized carbons (Fsp3) is 0.462. The zero-order valence-electron chi connectivity index (χ0n) is 13.4. The van der Waals surface area contributed by atoms with Crippen molar-refractivity contribution < 1.29 is 13.2 Å². The van der Waals surface area contributed by atoms with Crippen molar-refractivity contribution >= 4 is 43.7 Å². The van der Waals surface area contributed by atoms with Crippen molar-refractivity contribution in [3.05, 3.63) is 21.8 Å². The van der Waals surface area contributed by atoms with Crippen molar-refractivity contribution in [1.29, 1.82) is 0 Å². The minimum Gasteiger partial charge on any atom is -0.302 e. The molecule has 0 saturated carbocycles. The third-order valence-corrected chi connectivity index (χ3v) is 7.41. The molecule has 2 heterocycles. The molecule has 0 bridgehead atoms. The Kier molecular flexibility index (Phi) is 4.90. The first-order valence-corrected chi connectivity index (χ1v) is 9.85. The second-order valence-corrected chi connectivity index (χ2v) is 9.70. The van der Waals surface area contributed by atoms with E-state index in [1.165, 1.54) is 24.5 Å². The van der Waals surface area contributed by atoms with Crippen LogP contribution in [-0.2, 0) is 20.4 Å². The molecule has 0 aliphatic heterocycles. The standard InChI is InChI=1S/C13H18N4O3S3/c1-7-8(2)21-11(15-7)13(4,5)17-23(19,20)10-6-14-12(22-10)16-9(3)18/h6,17H,1-5H3,(H,14,16,18). The lowest BCUT2D eigenvalue weighted by Crippen LogP contribution is -2.40. The number of amides is 1. The molecule has 0 unspecified atom stereocenters. The lowest BCUT2D eigenvalue weighted by atomic mass is 10.1. The number of carbonyl (C=O) groups excluding carboxylic acids is 1. The number of thiazole rings is 2. The Morgan fingerprint density at radius 3 is 2.43 bits per heavy atom. The third kappa shape index (κ3) is 4.14. The highest BCUT2D eigenvalue weighted by molar-refractivity contribution is 7.91. The molecule has 23 heavy (non-hydrogen) atoms. The third-order valence-electron chi connectivity index (χ3n) is 2.99. The highest BCUT2D eigenvalue weighted by atomic mass is 32.2. The van der Waals surface area contributed by atoms with Gasteiger partial charge in [-0.2, -0.15) is 4.72 Å². The molecule has 2 aromatic rings. The van der Waals surface area contributed by atoms with E-state index in [0.29, 0.717) is 5.01 Å². The van der Waals surface area contributed by atoms with Gasteiger partial charge in [-0.3, -0.25) is 4.79 Å². The Morgan fingerprint density at radius 2 is 1.91 bits per heavy atom. The summed E-state index contributed by atoms with van der Waals surface area (Å²) in [7, 11) is -3.76. The van der Waals surface area contributed by atoms with Gasteiger partial charge in [0.15, 0.2) is 9.34 Å². The van der Waals surface area contributed by atoms with Crippen LogP contribution >= 0.6 is 22.7 Å². The summed E-state index contributed by atoms with van der Waals surface area (Å²) in [4.78, 5) is 20.4. The number of hydrogen-bond acceptors (Lipinski definition) is 7. The first kappa shape index (κ1) is 18.0. The zero-order chi connectivity index (χ0) is 17.4. The zero-order valence-corrected chi connectivity index (χ0v) is 15.9. The molecule has 0 atom stereocenters. The van der Waals surface area contributed by atoms with Gasteiger partial charge < -0.3 is 5.32 Å².